The van der Waals surface area contributed by atoms with Gasteiger partial charge in [-0.05, 0) is 20.8 Å². The van der Waals surface area contributed by atoms with Crippen molar-refractivity contribution < 1.29 is 14.6 Å². The third kappa shape index (κ3) is 5.99. The highest BCUT2D eigenvalue weighted by Gasteiger charge is 2.16. The molecule has 0 aliphatic rings. The first-order chi connectivity index (χ1) is 6.26. The van der Waals surface area contributed by atoms with Gasteiger partial charge in [0.2, 0.25) is 0 Å². The molecule has 4 nitrogen and oxygen atoms in total. The molecule has 0 heterocycles. The van der Waals surface area contributed by atoms with Crippen LogP contribution in [-0.4, -0.2) is 43.8 Å². The number of hydrogen-bond donors (Lipinski definition) is 2. The van der Waals surface area contributed by atoms with Crippen molar-refractivity contribution in [3.8, 4) is 0 Å². The SMILES string of the molecule is CCOC(OCC)C(C)NCCO. The highest BCUT2D eigenvalue weighted by molar-refractivity contribution is 4.64. The molecule has 0 spiro atoms. The van der Waals surface area contributed by atoms with Crippen LogP contribution in [0.2, 0.25) is 0 Å². The topological polar surface area (TPSA) is 50.7 Å². The highest BCUT2D eigenvalue weighted by atomic mass is 16.7. The van der Waals surface area contributed by atoms with Crippen LogP contribution < -0.4 is 5.32 Å². The summed E-state index contributed by atoms with van der Waals surface area (Å²) in [6.45, 7) is 7.82. The predicted molar refractivity (Wildman–Crippen MR) is 51.6 cm³/mol. The molecule has 0 aromatic heterocycles. The maximum atomic E-state index is 8.61. The number of nitrogens with one attached hydrogen (secondary N) is 1. The lowest BCUT2D eigenvalue weighted by Crippen LogP contribution is -2.42. The van der Waals surface area contributed by atoms with E-state index in [0.717, 1.165) is 0 Å². The van der Waals surface area contributed by atoms with E-state index < -0.39 is 0 Å². The Morgan fingerprint density at radius 1 is 1.23 bits per heavy atom. The quantitative estimate of drug-likeness (QED) is 0.544. The first-order valence-corrected chi connectivity index (χ1v) is 4.83. The fourth-order valence-corrected chi connectivity index (χ4v) is 1.05. The predicted octanol–water partition coefficient (Wildman–Crippen LogP) is 0.356. The lowest BCUT2D eigenvalue weighted by atomic mass is 10.3. The molecule has 1 atom stereocenters. The van der Waals surface area contributed by atoms with Gasteiger partial charge in [-0.2, -0.15) is 0 Å². The largest absolute Gasteiger partial charge is 0.395 e. The second-order valence-corrected chi connectivity index (χ2v) is 2.75. The molecule has 80 valence electrons. The van der Waals surface area contributed by atoms with Gasteiger partial charge >= 0.3 is 0 Å². The molecule has 0 amide bonds. The van der Waals surface area contributed by atoms with E-state index in [1.807, 2.05) is 20.8 Å². The van der Waals surface area contributed by atoms with Crippen molar-refractivity contribution in [2.75, 3.05) is 26.4 Å². The van der Waals surface area contributed by atoms with Crippen molar-refractivity contribution in [1.29, 1.82) is 0 Å². The van der Waals surface area contributed by atoms with Gasteiger partial charge in [0, 0.05) is 19.8 Å². The zero-order valence-corrected chi connectivity index (χ0v) is 8.75. The van der Waals surface area contributed by atoms with Crippen LogP contribution >= 0.6 is 0 Å². The molecule has 0 rings (SSSR count). The van der Waals surface area contributed by atoms with E-state index in [1.165, 1.54) is 0 Å². The van der Waals surface area contributed by atoms with Crippen LogP contribution in [0.5, 0.6) is 0 Å². The summed E-state index contributed by atoms with van der Waals surface area (Å²) in [5, 5.41) is 11.7. The van der Waals surface area contributed by atoms with Crippen LogP contribution in [0.25, 0.3) is 0 Å². The van der Waals surface area contributed by atoms with Gasteiger partial charge < -0.3 is 19.9 Å². The van der Waals surface area contributed by atoms with Crippen molar-refractivity contribution in [2.45, 2.75) is 33.1 Å². The van der Waals surface area contributed by atoms with Gasteiger partial charge in [0.15, 0.2) is 6.29 Å². The molecular weight excluding hydrogens is 170 g/mol. The molecule has 0 radical (unpaired) electrons. The van der Waals surface area contributed by atoms with Crippen LogP contribution in [0.3, 0.4) is 0 Å². The summed E-state index contributed by atoms with van der Waals surface area (Å²) in [5.74, 6) is 0. The molecule has 0 aromatic carbocycles. The summed E-state index contributed by atoms with van der Waals surface area (Å²) in [6.07, 6.45) is -0.221. The Labute approximate surface area is 80.2 Å². The average molecular weight is 191 g/mol. The zero-order valence-electron chi connectivity index (χ0n) is 8.75. The Morgan fingerprint density at radius 3 is 2.15 bits per heavy atom. The van der Waals surface area contributed by atoms with Gasteiger partial charge in [-0.1, -0.05) is 0 Å². The fourth-order valence-electron chi connectivity index (χ4n) is 1.05. The van der Waals surface area contributed by atoms with Gasteiger partial charge in [0.1, 0.15) is 0 Å². The second-order valence-electron chi connectivity index (χ2n) is 2.75. The van der Waals surface area contributed by atoms with Crippen molar-refractivity contribution in [2.24, 2.45) is 0 Å². The van der Waals surface area contributed by atoms with Gasteiger partial charge in [0.25, 0.3) is 0 Å². The summed E-state index contributed by atoms with van der Waals surface area (Å²) in [5.41, 5.74) is 0. The molecule has 13 heavy (non-hydrogen) atoms. The molecule has 0 aliphatic heterocycles. The molecule has 0 bridgehead atoms. The first kappa shape index (κ1) is 12.8. The molecule has 1 unspecified atom stereocenters. The molecule has 0 aromatic rings. The Bertz CT molecular complexity index is 105. The van der Waals surface area contributed by atoms with Crippen molar-refractivity contribution in [3.05, 3.63) is 0 Å². The summed E-state index contributed by atoms with van der Waals surface area (Å²) in [6, 6.07) is 0.104. The smallest absolute Gasteiger partial charge is 0.172 e. The number of ether oxygens (including phenoxy) is 2. The summed E-state index contributed by atoms with van der Waals surface area (Å²) in [7, 11) is 0. The molecule has 0 fully saturated rings. The molecule has 2 N–H and O–H groups in total. The van der Waals surface area contributed by atoms with Crippen molar-refractivity contribution >= 4 is 0 Å². The minimum absolute atomic E-state index is 0.104. The van der Waals surface area contributed by atoms with E-state index in [2.05, 4.69) is 5.32 Å². The van der Waals surface area contributed by atoms with Crippen LogP contribution in [0, 0.1) is 0 Å². The zero-order chi connectivity index (χ0) is 10.1. The minimum atomic E-state index is -0.221. The van der Waals surface area contributed by atoms with Gasteiger partial charge in [-0.15, -0.1) is 0 Å². The van der Waals surface area contributed by atoms with Gasteiger partial charge in [0.05, 0.1) is 12.6 Å². The monoisotopic (exact) mass is 191 g/mol. The third-order valence-corrected chi connectivity index (χ3v) is 1.65. The van der Waals surface area contributed by atoms with Gasteiger partial charge in [-0.25, -0.2) is 0 Å². The number of hydrogen-bond acceptors (Lipinski definition) is 4. The van der Waals surface area contributed by atoms with Crippen LogP contribution in [0.4, 0.5) is 0 Å². The molecule has 0 saturated heterocycles. The standard InChI is InChI=1S/C9H21NO3/c1-4-12-9(13-5-2)8(3)10-6-7-11/h8-11H,4-7H2,1-3H3. The first-order valence-electron chi connectivity index (χ1n) is 4.83. The van der Waals surface area contributed by atoms with Crippen LogP contribution in [-0.2, 0) is 9.47 Å². The van der Waals surface area contributed by atoms with Crippen molar-refractivity contribution in [1.82, 2.24) is 5.32 Å². The summed E-state index contributed by atoms with van der Waals surface area (Å²) in [4.78, 5) is 0. The number of rotatable bonds is 8. The maximum absolute atomic E-state index is 8.61. The average Bonchev–Trinajstić information content (AvgIpc) is 2.14. The van der Waals surface area contributed by atoms with E-state index >= 15 is 0 Å². The second kappa shape index (κ2) is 8.44. The Balaban J connectivity index is 3.72. The molecular formula is C9H21NO3. The molecule has 0 aliphatic carbocycles. The van der Waals surface area contributed by atoms with E-state index in [9.17, 15) is 0 Å². The molecule has 0 saturated carbocycles. The van der Waals surface area contributed by atoms with Crippen LogP contribution in [0.1, 0.15) is 20.8 Å². The highest BCUT2D eigenvalue weighted by Crippen LogP contribution is 2.01. The van der Waals surface area contributed by atoms with Gasteiger partial charge in [-0.3, -0.25) is 0 Å². The molecule has 4 heteroatoms. The van der Waals surface area contributed by atoms with Crippen LogP contribution in [0.15, 0.2) is 0 Å². The summed E-state index contributed by atoms with van der Waals surface area (Å²) >= 11 is 0. The van der Waals surface area contributed by atoms with E-state index in [0.29, 0.717) is 19.8 Å². The number of aliphatic hydroxyl groups is 1. The minimum Gasteiger partial charge on any atom is -0.395 e. The van der Waals surface area contributed by atoms with Crippen molar-refractivity contribution in [3.63, 3.8) is 0 Å². The Hall–Kier alpha value is -0.160. The summed E-state index contributed by atoms with van der Waals surface area (Å²) < 4.78 is 10.7. The maximum Gasteiger partial charge on any atom is 0.172 e. The Kier molecular flexibility index (Phi) is 8.33. The van der Waals surface area contributed by atoms with E-state index in [-0.39, 0.29) is 18.9 Å². The van der Waals surface area contributed by atoms with E-state index in [1.54, 1.807) is 0 Å². The fraction of sp³-hybridized carbons (Fsp3) is 1.00. The van der Waals surface area contributed by atoms with E-state index in [4.69, 9.17) is 14.6 Å². The normalized spacial score (nSPS) is 13.6. The lowest BCUT2D eigenvalue weighted by Gasteiger charge is -2.24. The third-order valence-electron chi connectivity index (χ3n) is 1.65. The Morgan fingerprint density at radius 2 is 1.77 bits per heavy atom. The number of aliphatic hydroxyl groups excluding tert-OH is 1. The lowest BCUT2D eigenvalue weighted by molar-refractivity contribution is -0.151.